The Kier molecular flexibility index (Phi) is 8.05. The van der Waals surface area contributed by atoms with Crippen molar-refractivity contribution in [2.24, 2.45) is 43.5 Å². The Morgan fingerprint density at radius 3 is 1.12 bits per heavy atom. The Labute approximate surface area is 212 Å². The van der Waals surface area contributed by atoms with Gasteiger partial charge in [-0.2, -0.15) is 0 Å². The van der Waals surface area contributed by atoms with E-state index in [4.69, 9.17) is 9.98 Å². The van der Waals surface area contributed by atoms with Crippen molar-refractivity contribution in [2.45, 2.75) is 144 Å². The molecule has 0 N–H and O–H groups in total. The predicted molar refractivity (Wildman–Crippen MR) is 149 cm³/mol. The normalized spacial score (nSPS) is 37.5. The van der Waals surface area contributed by atoms with Crippen LogP contribution in [0.3, 0.4) is 0 Å². The van der Waals surface area contributed by atoms with Crippen molar-refractivity contribution in [3.8, 4) is 0 Å². The van der Waals surface area contributed by atoms with Gasteiger partial charge in [-0.05, 0) is 74.0 Å². The van der Waals surface area contributed by atoms with E-state index >= 15 is 0 Å². The molecule has 4 saturated carbocycles. The first-order valence-corrected chi connectivity index (χ1v) is 15.2. The van der Waals surface area contributed by atoms with E-state index in [9.17, 15) is 0 Å². The SMILES string of the molecule is CC1(C)[C@@H]2CC[C@@]1(C)C(=NCCCCCCCCCCCCN=C1C[C@H]3CC[C@]1(C)C3(C)C)C2. The average molecular weight is 469 g/mol. The van der Waals surface area contributed by atoms with Crippen molar-refractivity contribution in [3.05, 3.63) is 0 Å². The van der Waals surface area contributed by atoms with Gasteiger partial charge in [0.2, 0.25) is 0 Å². The van der Waals surface area contributed by atoms with Gasteiger partial charge in [-0.1, -0.05) is 92.9 Å². The molecule has 0 aromatic heterocycles. The van der Waals surface area contributed by atoms with Crippen molar-refractivity contribution in [1.29, 1.82) is 0 Å². The van der Waals surface area contributed by atoms with Gasteiger partial charge in [0.1, 0.15) is 0 Å². The monoisotopic (exact) mass is 468 g/mol. The molecule has 194 valence electrons. The lowest BCUT2D eigenvalue weighted by molar-refractivity contribution is 0.193. The van der Waals surface area contributed by atoms with Crippen LogP contribution >= 0.6 is 0 Å². The highest BCUT2D eigenvalue weighted by molar-refractivity contribution is 5.94. The number of hydrogen-bond acceptors (Lipinski definition) is 2. The van der Waals surface area contributed by atoms with E-state index in [2.05, 4.69) is 41.5 Å². The minimum absolute atomic E-state index is 0.399. The van der Waals surface area contributed by atoms with E-state index in [-0.39, 0.29) is 0 Å². The van der Waals surface area contributed by atoms with Crippen LogP contribution in [-0.4, -0.2) is 24.5 Å². The van der Waals surface area contributed by atoms with Gasteiger partial charge in [-0.25, -0.2) is 0 Å². The van der Waals surface area contributed by atoms with Gasteiger partial charge in [-0.15, -0.1) is 0 Å². The zero-order valence-electron chi connectivity index (χ0n) is 23.8. The lowest BCUT2D eigenvalue weighted by atomic mass is 9.70. The van der Waals surface area contributed by atoms with Crippen LogP contribution in [0, 0.1) is 33.5 Å². The van der Waals surface area contributed by atoms with Gasteiger partial charge in [0, 0.05) is 35.3 Å². The van der Waals surface area contributed by atoms with E-state index < -0.39 is 0 Å². The number of fused-ring (bicyclic) bond motifs is 4. The summed E-state index contributed by atoms with van der Waals surface area (Å²) in [4.78, 5) is 10.2. The van der Waals surface area contributed by atoms with Crippen LogP contribution in [0.4, 0.5) is 0 Å². The Hall–Kier alpha value is -0.660. The molecule has 0 aliphatic heterocycles. The van der Waals surface area contributed by atoms with Crippen molar-refractivity contribution in [3.63, 3.8) is 0 Å². The van der Waals surface area contributed by atoms with Crippen LogP contribution < -0.4 is 0 Å². The molecule has 2 heteroatoms. The zero-order chi connectivity index (χ0) is 24.5. The maximum Gasteiger partial charge on any atom is 0.0388 e. The maximum absolute atomic E-state index is 5.11. The second-order valence-corrected chi connectivity index (χ2v) is 14.2. The predicted octanol–water partition coefficient (Wildman–Crippen LogP) is 9.46. The molecule has 0 unspecified atom stereocenters. The molecule has 4 aliphatic carbocycles. The van der Waals surface area contributed by atoms with Crippen molar-refractivity contribution >= 4 is 11.4 Å². The molecule has 0 amide bonds. The van der Waals surface area contributed by atoms with E-state index in [0.717, 1.165) is 24.9 Å². The number of hydrogen-bond donors (Lipinski definition) is 0. The van der Waals surface area contributed by atoms with E-state index in [1.54, 1.807) is 11.4 Å². The topological polar surface area (TPSA) is 24.7 Å². The Morgan fingerprint density at radius 2 is 0.853 bits per heavy atom. The van der Waals surface area contributed by atoms with Crippen LogP contribution in [0.5, 0.6) is 0 Å². The molecule has 0 aromatic rings. The third-order valence-electron chi connectivity index (χ3n) is 12.2. The molecule has 4 atom stereocenters. The number of rotatable bonds is 13. The lowest BCUT2D eigenvalue weighted by Crippen LogP contribution is -2.32. The van der Waals surface area contributed by atoms with Gasteiger partial charge in [0.05, 0.1) is 0 Å². The summed E-state index contributed by atoms with van der Waals surface area (Å²) in [7, 11) is 0. The van der Waals surface area contributed by atoms with Gasteiger partial charge in [0.25, 0.3) is 0 Å². The second kappa shape index (κ2) is 10.4. The Morgan fingerprint density at radius 1 is 0.529 bits per heavy atom. The molecule has 0 spiro atoms. The minimum Gasteiger partial charge on any atom is -0.294 e. The molecule has 0 aromatic carbocycles. The van der Waals surface area contributed by atoms with E-state index in [0.29, 0.717) is 21.7 Å². The van der Waals surface area contributed by atoms with Crippen LogP contribution in [0.15, 0.2) is 9.98 Å². The summed E-state index contributed by atoms with van der Waals surface area (Å²) < 4.78 is 0. The fourth-order valence-electron chi connectivity index (χ4n) is 8.40. The maximum atomic E-state index is 5.11. The van der Waals surface area contributed by atoms with Gasteiger partial charge < -0.3 is 0 Å². The van der Waals surface area contributed by atoms with Crippen molar-refractivity contribution in [2.75, 3.05) is 13.1 Å². The molecule has 4 bridgehead atoms. The lowest BCUT2D eigenvalue weighted by Gasteiger charge is -2.34. The molecule has 0 saturated heterocycles. The minimum atomic E-state index is 0.399. The molecule has 4 rings (SSSR count). The zero-order valence-corrected chi connectivity index (χ0v) is 23.8. The first-order valence-electron chi connectivity index (χ1n) is 15.2. The van der Waals surface area contributed by atoms with E-state index in [1.807, 2.05) is 0 Å². The Bertz CT molecular complexity index is 695. The smallest absolute Gasteiger partial charge is 0.0388 e. The van der Waals surface area contributed by atoms with Crippen LogP contribution in [0.25, 0.3) is 0 Å². The molecule has 4 aliphatic rings. The average Bonchev–Trinajstić information content (AvgIpc) is 3.31. The molecule has 4 fully saturated rings. The molecule has 2 nitrogen and oxygen atoms in total. The summed E-state index contributed by atoms with van der Waals surface area (Å²) in [5.41, 5.74) is 4.88. The van der Waals surface area contributed by atoms with Gasteiger partial charge >= 0.3 is 0 Å². The van der Waals surface area contributed by atoms with Crippen LogP contribution in [-0.2, 0) is 0 Å². The first-order chi connectivity index (χ1) is 16.1. The molecular formula is C32H56N2. The quantitative estimate of drug-likeness (QED) is 0.240. The third kappa shape index (κ3) is 4.70. The van der Waals surface area contributed by atoms with Crippen LogP contribution in [0.1, 0.15) is 144 Å². The number of nitrogens with zero attached hydrogens (tertiary/aromatic N) is 2. The first kappa shape index (κ1) is 26.4. The fraction of sp³-hybridized carbons (Fsp3) is 0.938. The summed E-state index contributed by atoms with van der Waals surface area (Å²) in [6.07, 6.45) is 22.0. The standard InChI is InChI=1S/C32H56N2/c1-29(2)25-17-19-31(29,5)27(23-25)33-21-15-13-11-9-7-8-10-12-14-16-22-34-28-24-26-18-20-32(28,6)30(26,3)4/h25-26H,7-24H2,1-6H3/t25-,26-,31+,32+/m1/s1. The van der Waals surface area contributed by atoms with Crippen LogP contribution in [0.2, 0.25) is 0 Å². The molecule has 0 heterocycles. The third-order valence-corrected chi connectivity index (χ3v) is 12.2. The molecule has 34 heavy (non-hydrogen) atoms. The highest BCUT2D eigenvalue weighted by Gasteiger charge is 2.60. The van der Waals surface area contributed by atoms with Gasteiger partial charge in [0.15, 0.2) is 0 Å². The fourth-order valence-corrected chi connectivity index (χ4v) is 8.40. The largest absolute Gasteiger partial charge is 0.294 e. The summed E-state index contributed by atoms with van der Waals surface area (Å²) >= 11 is 0. The van der Waals surface area contributed by atoms with Crippen molar-refractivity contribution < 1.29 is 0 Å². The summed E-state index contributed by atoms with van der Waals surface area (Å²) in [6.45, 7) is 17.1. The Balaban J connectivity index is 0.972. The van der Waals surface area contributed by atoms with E-state index in [1.165, 1.54) is 103 Å². The number of aliphatic imine (C=N–C) groups is 2. The van der Waals surface area contributed by atoms with Gasteiger partial charge in [-0.3, -0.25) is 9.98 Å². The highest BCUT2D eigenvalue weighted by Crippen LogP contribution is 2.64. The highest BCUT2D eigenvalue weighted by atomic mass is 14.8. The van der Waals surface area contributed by atoms with Crippen molar-refractivity contribution in [1.82, 2.24) is 0 Å². The number of unbranched alkanes of at least 4 members (excludes halogenated alkanes) is 9. The summed E-state index contributed by atoms with van der Waals surface area (Å²) in [6, 6.07) is 0. The molecular weight excluding hydrogens is 412 g/mol. The summed E-state index contributed by atoms with van der Waals surface area (Å²) in [5.74, 6) is 1.78. The molecule has 0 radical (unpaired) electrons. The summed E-state index contributed by atoms with van der Waals surface area (Å²) in [5, 5.41) is 0. The second-order valence-electron chi connectivity index (χ2n) is 14.2.